The minimum Gasteiger partial charge on any atom is -0.502 e. The van der Waals surface area contributed by atoms with Gasteiger partial charge in [-0.25, -0.2) is 0 Å². The molecule has 0 aromatic heterocycles. The largest absolute Gasteiger partial charge is 0.502 e. The van der Waals surface area contributed by atoms with E-state index in [9.17, 15) is 14.7 Å². The normalized spacial score (nSPS) is 12.3. The molecule has 0 aliphatic carbocycles. The molecular weight excluding hydrogens is 456 g/mol. The first-order valence-electron chi connectivity index (χ1n) is 11.1. The van der Waals surface area contributed by atoms with Crippen LogP contribution in [-0.2, 0) is 31.9 Å². The molecule has 0 bridgehead atoms. The number of carbonyl (C=O) groups excluding carboxylic acids is 2. The van der Waals surface area contributed by atoms with E-state index in [1.807, 2.05) is 18.2 Å². The fourth-order valence-electron chi connectivity index (χ4n) is 3.85. The standard InChI is InChI=1S/C26H34O9/c1-16(27)34-14-20(9-18-7-8-22(30-3)23(11-18)31-4)21(15-35-17(2)28)10-19-12-24(32-5)26(29)25(13-19)33-6/h7-8,11-13,20-21,29H,9-10,14-15H2,1-6H3. The van der Waals surface area contributed by atoms with Crippen LogP contribution in [-0.4, -0.2) is 58.7 Å². The van der Waals surface area contributed by atoms with Crippen molar-refractivity contribution in [2.24, 2.45) is 11.8 Å². The summed E-state index contributed by atoms with van der Waals surface area (Å²) in [7, 11) is 6.04. The quantitative estimate of drug-likeness (QED) is 0.421. The Morgan fingerprint density at radius 2 is 1.11 bits per heavy atom. The predicted molar refractivity (Wildman–Crippen MR) is 128 cm³/mol. The molecule has 9 nitrogen and oxygen atoms in total. The molecule has 9 heteroatoms. The van der Waals surface area contributed by atoms with Gasteiger partial charge in [0.15, 0.2) is 23.0 Å². The third-order valence-corrected chi connectivity index (χ3v) is 5.65. The lowest BCUT2D eigenvalue weighted by molar-refractivity contribution is -0.147. The number of aromatic hydroxyl groups is 1. The molecule has 192 valence electrons. The predicted octanol–water partition coefficient (Wildman–Crippen LogP) is 3.57. The number of phenolic OH excluding ortho intramolecular Hbond substituents is 1. The van der Waals surface area contributed by atoms with Crippen molar-refractivity contribution in [1.82, 2.24) is 0 Å². The first-order valence-corrected chi connectivity index (χ1v) is 11.1. The highest BCUT2D eigenvalue weighted by Crippen LogP contribution is 2.38. The second-order valence-corrected chi connectivity index (χ2v) is 8.07. The molecule has 2 rings (SSSR count). The highest BCUT2D eigenvalue weighted by atomic mass is 16.5. The van der Waals surface area contributed by atoms with E-state index in [0.717, 1.165) is 11.1 Å². The SMILES string of the molecule is COc1ccc(CC(COC(C)=O)C(COC(C)=O)Cc2cc(OC)c(O)c(OC)c2)cc1OC. The molecule has 35 heavy (non-hydrogen) atoms. The van der Waals surface area contributed by atoms with E-state index in [2.05, 4.69) is 0 Å². The fourth-order valence-corrected chi connectivity index (χ4v) is 3.85. The van der Waals surface area contributed by atoms with Crippen LogP contribution in [0.4, 0.5) is 0 Å². The van der Waals surface area contributed by atoms with E-state index in [1.54, 1.807) is 26.4 Å². The van der Waals surface area contributed by atoms with Crippen LogP contribution in [0.2, 0.25) is 0 Å². The van der Waals surface area contributed by atoms with Crippen LogP contribution in [0.5, 0.6) is 28.7 Å². The smallest absolute Gasteiger partial charge is 0.302 e. The number of methoxy groups -OCH3 is 4. The first-order chi connectivity index (χ1) is 16.7. The number of phenols is 1. The zero-order valence-electron chi connectivity index (χ0n) is 21.1. The van der Waals surface area contributed by atoms with Crippen LogP contribution in [0.25, 0.3) is 0 Å². The summed E-state index contributed by atoms with van der Waals surface area (Å²) in [6.07, 6.45) is 0.964. The summed E-state index contributed by atoms with van der Waals surface area (Å²) in [5, 5.41) is 10.3. The van der Waals surface area contributed by atoms with Gasteiger partial charge in [-0.3, -0.25) is 9.59 Å². The maximum Gasteiger partial charge on any atom is 0.302 e. The molecule has 0 spiro atoms. The Kier molecular flexibility index (Phi) is 10.5. The van der Waals surface area contributed by atoms with Gasteiger partial charge in [0, 0.05) is 25.7 Å². The van der Waals surface area contributed by atoms with Crippen LogP contribution in [0.3, 0.4) is 0 Å². The average Bonchev–Trinajstić information content (AvgIpc) is 2.84. The summed E-state index contributed by atoms with van der Waals surface area (Å²) in [4.78, 5) is 23.3. The van der Waals surface area contributed by atoms with E-state index < -0.39 is 11.9 Å². The van der Waals surface area contributed by atoms with E-state index in [-0.39, 0.29) is 42.3 Å². The molecule has 0 saturated carbocycles. The van der Waals surface area contributed by atoms with Crippen molar-refractivity contribution >= 4 is 11.9 Å². The van der Waals surface area contributed by atoms with Crippen LogP contribution < -0.4 is 18.9 Å². The molecule has 0 heterocycles. The van der Waals surface area contributed by atoms with Crippen molar-refractivity contribution in [2.45, 2.75) is 26.7 Å². The topological polar surface area (TPSA) is 110 Å². The summed E-state index contributed by atoms with van der Waals surface area (Å²) in [6.45, 7) is 2.94. The lowest BCUT2D eigenvalue weighted by Gasteiger charge is -2.27. The van der Waals surface area contributed by atoms with Gasteiger partial charge in [0.2, 0.25) is 5.75 Å². The molecule has 0 aliphatic heterocycles. The molecule has 2 atom stereocenters. The third-order valence-electron chi connectivity index (χ3n) is 5.65. The van der Waals surface area contributed by atoms with Gasteiger partial charge in [-0.15, -0.1) is 0 Å². The highest BCUT2D eigenvalue weighted by Gasteiger charge is 2.27. The van der Waals surface area contributed by atoms with Crippen molar-refractivity contribution in [3.05, 3.63) is 41.5 Å². The van der Waals surface area contributed by atoms with Gasteiger partial charge in [0.1, 0.15) is 0 Å². The van der Waals surface area contributed by atoms with E-state index >= 15 is 0 Å². The van der Waals surface area contributed by atoms with Crippen LogP contribution in [0, 0.1) is 11.8 Å². The number of ether oxygens (including phenoxy) is 6. The number of hydrogen-bond acceptors (Lipinski definition) is 9. The molecule has 0 saturated heterocycles. The Labute approximate surface area is 205 Å². The Bertz CT molecular complexity index is 977. The molecule has 0 amide bonds. The number of esters is 2. The number of hydrogen-bond donors (Lipinski definition) is 1. The Hall–Kier alpha value is -3.62. The van der Waals surface area contributed by atoms with Gasteiger partial charge in [0.25, 0.3) is 0 Å². The molecule has 0 fully saturated rings. The Morgan fingerprint density at radius 3 is 1.54 bits per heavy atom. The second kappa shape index (κ2) is 13.3. The first kappa shape index (κ1) is 27.6. The molecular formula is C26H34O9. The average molecular weight is 491 g/mol. The van der Waals surface area contributed by atoms with Crippen LogP contribution in [0.15, 0.2) is 30.3 Å². The molecule has 0 radical (unpaired) electrons. The molecule has 0 aliphatic rings. The van der Waals surface area contributed by atoms with Gasteiger partial charge >= 0.3 is 11.9 Å². The number of benzene rings is 2. The van der Waals surface area contributed by atoms with Crippen molar-refractivity contribution in [3.8, 4) is 28.7 Å². The van der Waals surface area contributed by atoms with Gasteiger partial charge in [-0.2, -0.15) is 0 Å². The minimum absolute atomic E-state index is 0.0999. The minimum atomic E-state index is -0.409. The maximum absolute atomic E-state index is 11.6. The molecule has 2 aromatic carbocycles. The lowest BCUT2D eigenvalue weighted by Crippen LogP contribution is -2.29. The highest BCUT2D eigenvalue weighted by molar-refractivity contribution is 5.66. The van der Waals surface area contributed by atoms with Crippen molar-refractivity contribution in [2.75, 3.05) is 41.7 Å². The molecule has 2 aromatic rings. The molecule has 1 N–H and O–H groups in total. The zero-order valence-corrected chi connectivity index (χ0v) is 21.1. The third kappa shape index (κ3) is 7.98. The lowest BCUT2D eigenvalue weighted by atomic mass is 9.83. The maximum atomic E-state index is 11.6. The summed E-state index contributed by atoms with van der Waals surface area (Å²) >= 11 is 0. The van der Waals surface area contributed by atoms with Crippen LogP contribution >= 0.6 is 0 Å². The van der Waals surface area contributed by atoms with E-state index in [1.165, 1.54) is 28.1 Å². The molecule has 2 unspecified atom stereocenters. The fraction of sp³-hybridized carbons (Fsp3) is 0.462. The zero-order chi connectivity index (χ0) is 26.0. The number of carbonyl (C=O) groups is 2. The summed E-state index contributed by atoms with van der Waals surface area (Å²) < 4.78 is 32.1. The summed E-state index contributed by atoms with van der Waals surface area (Å²) in [6, 6.07) is 9.01. The van der Waals surface area contributed by atoms with Gasteiger partial charge in [-0.1, -0.05) is 6.07 Å². The van der Waals surface area contributed by atoms with Gasteiger partial charge < -0.3 is 33.5 Å². The second-order valence-electron chi connectivity index (χ2n) is 8.07. The van der Waals surface area contributed by atoms with Gasteiger partial charge in [-0.05, 0) is 48.2 Å². The van der Waals surface area contributed by atoms with E-state index in [4.69, 9.17) is 28.4 Å². The summed E-state index contributed by atoms with van der Waals surface area (Å²) in [5.41, 5.74) is 1.74. The van der Waals surface area contributed by atoms with E-state index in [0.29, 0.717) is 24.3 Å². The number of rotatable bonds is 13. The van der Waals surface area contributed by atoms with Crippen LogP contribution in [0.1, 0.15) is 25.0 Å². The monoisotopic (exact) mass is 490 g/mol. The van der Waals surface area contributed by atoms with Crippen molar-refractivity contribution in [1.29, 1.82) is 0 Å². The Morgan fingerprint density at radius 1 is 0.686 bits per heavy atom. The van der Waals surface area contributed by atoms with Crippen molar-refractivity contribution < 1.29 is 43.1 Å². The summed E-state index contributed by atoms with van der Waals surface area (Å²) in [5.74, 6) is 0.372. The Balaban J connectivity index is 2.43. The van der Waals surface area contributed by atoms with Crippen molar-refractivity contribution in [3.63, 3.8) is 0 Å². The van der Waals surface area contributed by atoms with Gasteiger partial charge in [0.05, 0.1) is 41.7 Å².